The molecule has 2 fully saturated rings. The molecule has 1 aromatic rings. The summed E-state index contributed by atoms with van der Waals surface area (Å²) in [6.07, 6.45) is 3.65. The molecule has 1 N–H and O–H groups in total. The fraction of sp³-hybridized carbons (Fsp3) is 0.733. The molecule has 0 aliphatic carbocycles. The smallest absolute Gasteiger partial charge is 0.161 e. The number of hydrogen-bond donors (Lipinski definition) is 1. The van der Waals surface area contributed by atoms with Gasteiger partial charge in [-0.1, -0.05) is 6.92 Å². The molecule has 3 heterocycles. The summed E-state index contributed by atoms with van der Waals surface area (Å²) < 4.78 is 7.15. The second-order valence-electron chi connectivity index (χ2n) is 5.87. The van der Waals surface area contributed by atoms with Crippen molar-refractivity contribution in [2.75, 3.05) is 31.6 Å². The van der Waals surface area contributed by atoms with Crippen LogP contribution in [-0.2, 0) is 4.74 Å². The summed E-state index contributed by atoms with van der Waals surface area (Å²) in [4.78, 5) is 11.9. The first-order valence-corrected chi connectivity index (χ1v) is 8.90. The third-order valence-corrected chi connectivity index (χ3v) is 5.55. The van der Waals surface area contributed by atoms with E-state index in [9.17, 15) is 0 Å². The van der Waals surface area contributed by atoms with Gasteiger partial charge in [0, 0.05) is 19.1 Å². The van der Waals surface area contributed by atoms with E-state index in [1.54, 1.807) is 0 Å². The number of halogens is 1. The molecule has 1 aromatic heterocycles. The largest absolute Gasteiger partial charge is 0.369 e. The zero-order chi connectivity index (χ0) is 14.8. The monoisotopic (exact) mass is 402 g/mol. The van der Waals surface area contributed by atoms with Crippen LogP contribution in [0.25, 0.3) is 0 Å². The van der Waals surface area contributed by atoms with Crippen molar-refractivity contribution in [2.24, 2.45) is 0 Å². The maximum atomic E-state index is 6.04. The van der Waals surface area contributed by atoms with Gasteiger partial charge in [0.1, 0.15) is 11.9 Å². The number of anilines is 1. The van der Waals surface area contributed by atoms with E-state index < -0.39 is 0 Å². The summed E-state index contributed by atoms with van der Waals surface area (Å²) in [7, 11) is 0. The van der Waals surface area contributed by atoms with Crippen molar-refractivity contribution >= 4 is 28.4 Å². The molecule has 0 saturated carbocycles. The Balaban J connectivity index is 1.79. The molecule has 116 valence electrons. The topological polar surface area (TPSA) is 50.3 Å². The SMILES string of the molecule is CCCNc1nc(C2CN3CCCC3CO2)nc(C)c1I. The summed E-state index contributed by atoms with van der Waals surface area (Å²) in [5, 5.41) is 3.40. The summed E-state index contributed by atoms with van der Waals surface area (Å²) >= 11 is 2.32. The highest BCUT2D eigenvalue weighted by Crippen LogP contribution is 2.30. The Kier molecular flexibility index (Phi) is 4.96. The minimum Gasteiger partial charge on any atom is -0.369 e. The first-order chi connectivity index (χ1) is 10.2. The molecule has 0 aromatic carbocycles. The molecule has 2 unspecified atom stereocenters. The standard InChI is InChI=1S/C15H23IN4O/c1-3-6-17-15-13(16)10(2)18-14(19-15)12-8-20-7-4-5-11(20)9-21-12/h11-12H,3-9H2,1-2H3,(H,17,18,19). The van der Waals surface area contributed by atoms with E-state index >= 15 is 0 Å². The van der Waals surface area contributed by atoms with Gasteiger partial charge in [-0.05, 0) is 55.3 Å². The van der Waals surface area contributed by atoms with Crippen LogP contribution >= 0.6 is 22.6 Å². The molecule has 2 saturated heterocycles. The van der Waals surface area contributed by atoms with Gasteiger partial charge in [-0.25, -0.2) is 9.97 Å². The van der Waals surface area contributed by atoms with Crippen LogP contribution in [0.5, 0.6) is 0 Å². The van der Waals surface area contributed by atoms with E-state index in [4.69, 9.17) is 9.72 Å². The maximum absolute atomic E-state index is 6.04. The van der Waals surface area contributed by atoms with Crippen LogP contribution in [0, 0.1) is 10.5 Å². The van der Waals surface area contributed by atoms with Crippen LogP contribution < -0.4 is 5.32 Å². The molecule has 21 heavy (non-hydrogen) atoms. The second-order valence-corrected chi connectivity index (χ2v) is 6.95. The number of hydrogen-bond acceptors (Lipinski definition) is 5. The fourth-order valence-corrected chi connectivity index (χ4v) is 3.49. The van der Waals surface area contributed by atoms with E-state index in [0.29, 0.717) is 6.04 Å². The van der Waals surface area contributed by atoms with E-state index in [0.717, 1.165) is 47.0 Å². The lowest BCUT2D eigenvalue weighted by Crippen LogP contribution is -2.43. The van der Waals surface area contributed by atoms with Gasteiger partial charge in [0.05, 0.1) is 15.9 Å². The highest BCUT2D eigenvalue weighted by atomic mass is 127. The third-order valence-electron chi connectivity index (χ3n) is 4.25. The second kappa shape index (κ2) is 6.75. The Hall–Kier alpha value is -0.470. The van der Waals surface area contributed by atoms with Crippen molar-refractivity contribution in [3.05, 3.63) is 15.1 Å². The average Bonchev–Trinajstić information content (AvgIpc) is 2.96. The molecule has 0 bridgehead atoms. The van der Waals surface area contributed by atoms with Gasteiger partial charge >= 0.3 is 0 Å². The van der Waals surface area contributed by atoms with Crippen LogP contribution in [-0.4, -0.2) is 47.2 Å². The van der Waals surface area contributed by atoms with Crippen LogP contribution in [0.2, 0.25) is 0 Å². The van der Waals surface area contributed by atoms with Crippen LogP contribution in [0.15, 0.2) is 0 Å². The van der Waals surface area contributed by atoms with E-state index in [1.165, 1.54) is 19.4 Å². The molecule has 2 aliphatic rings. The predicted octanol–water partition coefficient (Wildman–Crippen LogP) is 2.75. The Morgan fingerprint density at radius 2 is 2.29 bits per heavy atom. The molecular weight excluding hydrogens is 379 g/mol. The number of nitrogens with zero attached hydrogens (tertiary/aromatic N) is 3. The Bertz CT molecular complexity index is 511. The van der Waals surface area contributed by atoms with Crippen molar-refractivity contribution in [1.29, 1.82) is 0 Å². The maximum Gasteiger partial charge on any atom is 0.161 e. The lowest BCUT2D eigenvalue weighted by Gasteiger charge is -2.34. The first kappa shape index (κ1) is 15.4. The quantitative estimate of drug-likeness (QED) is 0.786. The predicted molar refractivity (Wildman–Crippen MR) is 91.6 cm³/mol. The van der Waals surface area contributed by atoms with Crippen LogP contribution in [0.1, 0.15) is 43.8 Å². The third kappa shape index (κ3) is 3.32. The minimum atomic E-state index is 0.0113. The Morgan fingerprint density at radius 1 is 1.43 bits per heavy atom. The van der Waals surface area contributed by atoms with Crippen molar-refractivity contribution in [3.8, 4) is 0 Å². The average molecular weight is 402 g/mol. The number of morpholine rings is 1. The molecule has 2 atom stereocenters. The zero-order valence-corrected chi connectivity index (χ0v) is 14.9. The van der Waals surface area contributed by atoms with Crippen molar-refractivity contribution in [3.63, 3.8) is 0 Å². The molecule has 3 rings (SSSR count). The highest BCUT2D eigenvalue weighted by molar-refractivity contribution is 14.1. The highest BCUT2D eigenvalue weighted by Gasteiger charge is 2.34. The number of nitrogens with one attached hydrogen (secondary N) is 1. The number of ether oxygens (including phenoxy) is 1. The summed E-state index contributed by atoms with van der Waals surface area (Å²) in [5.41, 5.74) is 1.03. The van der Waals surface area contributed by atoms with Gasteiger partial charge in [0.2, 0.25) is 0 Å². The molecule has 2 aliphatic heterocycles. The van der Waals surface area contributed by atoms with Crippen molar-refractivity contribution in [2.45, 2.75) is 45.3 Å². The summed E-state index contributed by atoms with van der Waals surface area (Å²) in [6.45, 7) is 8.08. The van der Waals surface area contributed by atoms with Gasteiger partial charge < -0.3 is 10.1 Å². The fourth-order valence-electron chi connectivity index (χ4n) is 3.06. The van der Waals surface area contributed by atoms with Crippen LogP contribution in [0.3, 0.4) is 0 Å². The Morgan fingerprint density at radius 3 is 3.10 bits per heavy atom. The van der Waals surface area contributed by atoms with E-state index in [2.05, 4.69) is 44.7 Å². The lowest BCUT2D eigenvalue weighted by atomic mass is 10.2. The van der Waals surface area contributed by atoms with E-state index in [1.807, 2.05) is 6.92 Å². The molecule has 6 heteroatoms. The van der Waals surface area contributed by atoms with Crippen molar-refractivity contribution < 1.29 is 4.74 Å². The van der Waals surface area contributed by atoms with Gasteiger partial charge in [0.15, 0.2) is 5.82 Å². The van der Waals surface area contributed by atoms with Gasteiger partial charge in [-0.3, -0.25) is 4.90 Å². The van der Waals surface area contributed by atoms with E-state index in [-0.39, 0.29) is 6.10 Å². The number of rotatable bonds is 4. The summed E-state index contributed by atoms with van der Waals surface area (Å²) in [5.74, 6) is 1.78. The number of fused-ring (bicyclic) bond motifs is 1. The molecule has 0 amide bonds. The molecule has 0 radical (unpaired) electrons. The molecular formula is C15H23IN4O. The lowest BCUT2D eigenvalue weighted by molar-refractivity contribution is -0.0541. The van der Waals surface area contributed by atoms with Gasteiger partial charge in [-0.2, -0.15) is 0 Å². The first-order valence-electron chi connectivity index (χ1n) is 7.82. The minimum absolute atomic E-state index is 0.0113. The zero-order valence-electron chi connectivity index (χ0n) is 12.7. The molecule has 0 spiro atoms. The molecule has 5 nitrogen and oxygen atoms in total. The van der Waals surface area contributed by atoms with Gasteiger partial charge in [0.25, 0.3) is 0 Å². The van der Waals surface area contributed by atoms with Crippen molar-refractivity contribution in [1.82, 2.24) is 14.9 Å². The normalized spacial score (nSPS) is 25.9. The number of aromatic nitrogens is 2. The number of aryl methyl sites for hydroxylation is 1. The Labute approximate surface area is 140 Å². The summed E-state index contributed by atoms with van der Waals surface area (Å²) in [6, 6.07) is 0.615. The van der Waals surface area contributed by atoms with Gasteiger partial charge in [-0.15, -0.1) is 0 Å². The van der Waals surface area contributed by atoms with Crippen LogP contribution in [0.4, 0.5) is 5.82 Å².